The quantitative estimate of drug-likeness (QED) is 0.659. The number of hydrogen-bond donors (Lipinski definition) is 2. The highest BCUT2D eigenvalue weighted by Crippen LogP contribution is 2.38. The number of hydrogen-bond acceptors (Lipinski definition) is 5. The first-order valence-corrected chi connectivity index (χ1v) is 9.87. The van der Waals surface area contributed by atoms with Crippen LogP contribution in [0.4, 0.5) is 0 Å². The monoisotopic (exact) mass is 426 g/mol. The molecule has 0 radical (unpaired) electrons. The highest BCUT2D eigenvalue weighted by molar-refractivity contribution is 5.97. The van der Waals surface area contributed by atoms with Crippen LogP contribution in [-0.2, 0) is 0 Å². The van der Waals surface area contributed by atoms with Gasteiger partial charge in [0, 0.05) is 37.3 Å². The number of piperidine rings is 1. The molecule has 2 aliphatic heterocycles. The van der Waals surface area contributed by atoms with Gasteiger partial charge in [0.15, 0.2) is 0 Å². The van der Waals surface area contributed by atoms with Crippen LogP contribution < -0.4 is 16.2 Å². The number of nitrogens with zero attached hydrogens (tertiary/aromatic N) is 4. The van der Waals surface area contributed by atoms with Gasteiger partial charge >= 0.3 is 0 Å². The number of carbonyl (C=O) groups excluding carboxylic acids is 1. The van der Waals surface area contributed by atoms with E-state index in [1.54, 1.807) is 23.1 Å². The van der Waals surface area contributed by atoms with Crippen LogP contribution in [0.15, 0.2) is 59.9 Å². The normalized spacial score (nSPS) is 21.9. The van der Waals surface area contributed by atoms with Crippen molar-refractivity contribution in [2.24, 2.45) is 5.92 Å². The van der Waals surface area contributed by atoms with E-state index in [-0.39, 0.29) is 29.9 Å². The van der Waals surface area contributed by atoms with Crippen molar-refractivity contribution in [3.63, 3.8) is 0 Å². The van der Waals surface area contributed by atoms with Crippen molar-refractivity contribution in [2.45, 2.75) is 18.4 Å². The first kappa shape index (κ1) is 20.3. The van der Waals surface area contributed by atoms with Crippen molar-refractivity contribution in [3.8, 4) is 5.69 Å². The summed E-state index contributed by atoms with van der Waals surface area (Å²) < 4.78 is 3.47. The number of nitrogens with one attached hydrogen (secondary N) is 2. The van der Waals surface area contributed by atoms with Crippen LogP contribution in [0.25, 0.3) is 5.69 Å². The molecule has 156 valence electrons. The number of aromatic nitrogens is 4. The molecule has 8 nitrogen and oxygen atoms in total. The molecule has 30 heavy (non-hydrogen) atoms. The van der Waals surface area contributed by atoms with E-state index in [1.807, 2.05) is 34.9 Å². The van der Waals surface area contributed by atoms with E-state index in [9.17, 15) is 9.59 Å². The Morgan fingerprint density at radius 1 is 1.17 bits per heavy atom. The van der Waals surface area contributed by atoms with E-state index in [2.05, 4.69) is 20.7 Å². The third-order valence-corrected chi connectivity index (χ3v) is 5.99. The van der Waals surface area contributed by atoms with Gasteiger partial charge < -0.3 is 15.2 Å². The Bertz CT molecular complexity index is 1100. The van der Waals surface area contributed by atoms with E-state index in [0.717, 1.165) is 25.2 Å². The fraction of sp³-hybridized carbons (Fsp3) is 0.333. The van der Waals surface area contributed by atoms with Gasteiger partial charge in [0.25, 0.3) is 11.5 Å². The molecule has 0 aliphatic carbocycles. The van der Waals surface area contributed by atoms with Crippen molar-refractivity contribution < 1.29 is 4.79 Å². The minimum Gasteiger partial charge on any atom is -0.350 e. The second kappa shape index (κ2) is 8.41. The van der Waals surface area contributed by atoms with Gasteiger partial charge in [-0.15, -0.1) is 12.4 Å². The van der Waals surface area contributed by atoms with Gasteiger partial charge in [0.1, 0.15) is 12.7 Å². The number of amides is 1. The molecular weight excluding hydrogens is 404 g/mol. The Morgan fingerprint density at radius 2 is 2.03 bits per heavy atom. The minimum atomic E-state index is -0.187. The van der Waals surface area contributed by atoms with Crippen LogP contribution in [0.5, 0.6) is 0 Å². The van der Waals surface area contributed by atoms with E-state index in [4.69, 9.17) is 0 Å². The first-order chi connectivity index (χ1) is 14.2. The van der Waals surface area contributed by atoms with Gasteiger partial charge in [0.2, 0.25) is 0 Å². The highest BCUT2D eigenvalue weighted by Gasteiger charge is 2.37. The Kier molecular flexibility index (Phi) is 5.69. The summed E-state index contributed by atoms with van der Waals surface area (Å²) in [5.74, 6) is 0.474. The van der Waals surface area contributed by atoms with Gasteiger partial charge in [-0.2, -0.15) is 5.10 Å². The standard InChI is InChI=1S/C21H22N6O2.ClH/c28-20-7-3-6-17-14-8-15(10-22-9-14)19(27(17)20)11-24-21(29)16-4-1-2-5-18(16)26-13-23-12-25-26;/h1-7,12-15,19,22H,8-11H2,(H,24,29);1H/t14-,15+,19+;/m1./s1. The van der Waals surface area contributed by atoms with Crippen LogP contribution in [0.3, 0.4) is 0 Å². The predicted octanol–water partition coefficient (Wildman–Crippen LogP) is 1.53. The smallest absolute Gasteiger partial charge is 0.253 e. The number of rotatable bonds is 4. The number of carbonyl (C=O) groups is 1. The lowest BCUT2D eigenvalue weighted by Gasteiger charge is -2.43. The molecule has 5 rings (SSSR count). The second-order valence-electron chi connectivity index (χ2n) is 7.64. The number of para-hydroxylation sites is 1. The third kappa shape index (κ3) is 3.53. The van der Waals surface area contributed by atoms with Gasteiger partial charge in [0.05, 0.1) is 17.3 Å². The first-order valence-electron chi connectivity index (χ1n) is 9.87. The number of fused-ring (bicyclic) bond motifs is 4. The molecule has 1 saturated heterocycles. The lowest BCUT2D eigenvalue weighted by Crippen LogP contribution is -2.50. The molecule has 2 aromatic heterocycles. The molecule has 0 saturated carbocycles. The van der Waals surface area contributed by atoms with E-state index < -0.39 is 0 Å². The molecule has 3 aromatic rings. The molecular formula is C21H23ClN6O2. The van der Waals surface area contributed by atoms with Crippen LogP contribution >= 0.6 is 12.4 Å². The number of halogens is 1. The van der Waals surface area contributed by atoms with E-state index in [1.165, 1.54) is 6.33 Å². The molecule has 2 bridgehead atoms. The average molecular weight is 427 g/mol. The van der Waals surface area contributed by atoms with E-state index in [0.29, 0.717) is 29.6 Å². The molecule has 4 heterocycles. The summed E-state index contributed by atoms with van der Waals surface area (Å²) in [5, 5.41) is 10.7. The largest absolute Gasteiger partial charge is 0.350 e. The second-order valence-corrected chi connectivity index (χ2v) is 7.64. The molecule has 3 atom stereocenters. The zero-order valence-electron chi connectivity index (χ0n) is 16.3. The summed E-state index contributed by atoms with van der Waals surface area (Å²) in [7, 11) is 0. The van der Waals surface area contributed by atoms with Gasteiger partial charge in [-0.3, -0.25) is 9.59 Å². The van der Waals surface area contributed by atoms with Gasteiger partial charge in [-0.1, -0.05) is 18.2 Å². The maximum Gasteiger partial charge on any atom is 0.253 e. The lowest BCUT2D eigenvalue weighted by atomic mass is 9.79. The van der Waals surface area contributed by atoms with Crippen LogP contribution in [0, 0.1) is 5.92 Å². The predicted molar refractivity (Wildman–Crippen MR) is 114 cm³/mol. The fourth-order valence-electron chi connectivity index (χ4n) is 4.66. The van der Waals surface area contributed by atoms with Crippen molar-refractivity contribution in [2.75, 3.05) is 19.6 Å². The van der Waals surface area contributed by atoms with Crippen LogP contribution in [0.2, 0.25) is 0 Å². The van der Waals surface area contributed by atoms with Crippen LogP contribution in [0.1, 0.15) is 34.4 Å². The topological polar surface area (TPSA) is 93.8 Å². The molecule has 1 fully saturated rings. The minimum absolute atomic E-state index is 0. The molecule has 0 unspecified atom stereocenters. The fourth-order valence-corrected chi connectivity index (χ4v) is 4.66. The van der Waals surface area contributed by atoms with Crippen molar-refractivity contribution in [1.82, 2.24) is 30.0 Å². The SMILES string of the molecule is Cl.O=C(NC[C@H]1[C@@H]2CNC[C@@H](C2)c2cccc(=O)n21)c1ccccc1-n1cncn1. The molecule has 1 aromatic carbocycles. The Labute approximate surface area is 179 Å². The summed E-state index contributed by atoms with van der Waals surface area (Å²) in [6.45, 7) is 2.15. The zero-order valence-corrected chi connectivity index (χ0v) is 17.1. The van der Waals surface area contributed by atoms with Crippen molar-refractivity contribution >= 4 is 18.3 Å². The van der Waals surface area contributed by atoms with Crippen molar-refractivity contribution in [3.05, 3.63) is 76.7 Å². The molecule has 9 heteroatoms. The third-order valence-electron chi connectivity index (χ3n) is 5.99. The summed E-state index contributed by atoms with van der Waals surface area (Å²) in [6, 6.07) is 12.7. The summed E-state index contributed by atoms with van der Waals surface area (Å²) in [4.78, 5) is 29.6. The van der Waals surface area contributed by atoms with Gasteiger partial charge in [-0.25, -0.2) is 9.67 Å². The molecule has 2 N–H and O–H groups in total. The maximum absolute atomic E-state index is 13.0. The molecule has 1 amide bonds. The Morgan fingerprint density at radius 3 is 2.87 bits per heavy atom. The number of pyridine rings is 1. The van der Waals surface area contributed by atoms with E-state index >= 15 is 0 Å². The number of benzene rings is 1. The molecule has 2 aliphatic rings. The zero-order chi connectivity index (χ0) is 19.8. The lowest BCUT2D eigenvalue weighted by molar-refractivity contribution is 0.0932. The van der Waals surface area contributed by atoms with Crippen molar-refractivity contribution in [1.29, 1.82) is 0 Å². The summed E-state index contributed by atoms with van der Waals surface area (Å²) in [5.41, 5.74) is 2.25. The summed E-state index contributed by atoms with van der Waals surface area (Å²) >= 11 is 0. The maximum atomic E-state index is 13.0. The molecule has 0 spiro atoms. The van der Waals surface area contributed by atoms with Gasteiger partial charge in [-0.05, 0) is 30.5 Å². The van der Waals surface area contributed by atoms with Crippen LogP contribution in [-0.4, -0.2) is 44.9 Å². The average Bonchev–Trinajstić information content (AvgIpc) is 3.29. The summed E-state index contributed by atoms with van der Waals surface area (Å²) in [6.07, 6.45) is 4.04. The Hall–Kier alpha value is -2.97. The highest BCUT2D eigenvalue weighted by atomic mass is 35.5. The Balaban J connectivity index is 0.00000218.